The van der Waals surface area contributed by atoms with Crippen LogP contribution in [0, 0.1) is 6.92 Å². The van der Waals surface area contributed by atoms with E-state index in [9.17, 15) is 9.59 Å². The third kappa shape index (κ3) is 8.63. The van der Waals surface area contributed by atoms with Crippen LogP contribution in [0.2, 0.25) is 0 Å². The monoisotopic (exact) mass is 645 g/mol. The molecule has 7 nitrogen and oxygen atoms in total. The molecule has 2 aliphatic rings. The molecule has 1 aromatic carbocycles. The van der Waals surface area contributed by atoms with Gasteiger partial charge in [-0.1, -0.05) is 125 Å². The molecule has 240 valence electrons. The maximum atomic E-state index is 14.0. The van der Waals surface area contributed by atoms with Gasteiger partial charge >= 0.3 is 0 Å². The molecule has 0 N–H and O–H groups in total. The van der Waals surface area contributed by atoms with Gasteiger partial charge in [0.25, 0.3) is 11.5 Å². The molecule has 4 heterocycles. The fourth-order valence-corrected chi connectivity index (χ4v) is 7.50. The lowest BCUT2D eigenvalue weighted by molar-refractivity contribution is -0.122. The maximum absolute atomic E-state index is 14.0. The van der Waals surface area contributed by atoms with Gasteiger partial charge < -0.3 is 4.90 Å². The SMILES string of the molecule is CCCCCCCCCCCCN1C(=O)C(=Cc2c(N3CCN(Cc4ccccc4)CC3)nc3c(C)cccn3c2=O)SC1=S. The number of fused-ring (bicyclic) bond motifs is 1. The van der Waals surface area contributed by atoms with Crippen molar-refractivity contribution in [1.82, 2.24) is 19.2 Å². The molecule has 0 atom stereocenters. The van der Waals surface area contributed by atoms with Crippen LogP contribution in [-0.2, 0) is 11.3 Å². The molecular formula is C36H47N5O2S2. The molecule has 0 bridgehead atoms. The summed E-state index contributed by atoms with van der Waals surface area (Å²) in [6.45, 7) is 8.99. The summed E-state index contributed by atoms with van der Waals surface area (Å²) >= 11 is 6.94. The van der Waals surface area contributed by atoms with Crippen LogP contribution in [0.15, 0.2) is 58.4 Å². The summed E-state index contributed by atoms with van der Waals surface area (Å²) in [5.74, 6) is 0.543. The first-order chi connectivity index (χ1) is 22.0. The number of thioether (sulfide) groups is 1. The van der Waals surface area contributed by atoms with E-state index < -0.39 is 0 Å². The highest BCUT2D eigenvalue weighted by Gasteiger charge is 2.33. The van der Waals surface area contributed by atoms with Crippen LogP contribution in [0.3, 0.4) is 0 Å². The normalized spacial score (nSPS) is 16.9. The van der Waals surface area contributed by atoms with E-state index >= 15 is 0 Å². The minimum atomic E-state index is -0.162. The average Bonchev–Trinajstić information content (AvgIpc) is 3.31. The summed E-state index contributed by atoms with van der Waals surface area (Å²) in [6, 6.07) is 14.3. The van der Waals surface area contributed by atoms with Gasteiger partial charge in [-0.05, 0) is 36.6 Å². The lowest BCUT2D eigenvalue weighted by Crippen LogP contribution is -2.47. The van der Waals surface area contributed by atoms with E-state index in [1.165, 1.54) is 68.7 Å². The second-order valence-electron chi connectivity index (χ2n) is 12.3. The Morgan fingerprint density at radius 3 is 2.22 bits per heavy atom. The standard InChI is InChI=1S/C36H47N5O2S2/c1-3-4-5-6-7-8-9-10-11-15-20-41-35(43)31(45-36(41)44)26-30-33(37-32-28(2)17-16-21-40(32)34(30)42)39-24-22-38(23-25-39)27-29-18-13-12-14-19-29/h12-14,16-19,21,26H,3-11,15,20,22-25,27H2,1-2H3. The maximum Gasteiger partial charge on any atom is 0.267 e. The van der Waals surface area contributed by atoms with Crippen LogP contribution in [0.1, 0.15) is 87.8 Å². The quantitative estimate of drug-likeness (QED) is 0.0967. The van der Waals surface area contributed by atoms with Crippen molar-refractivity contribution < 1.29 is 4.79 Å². The van der Waals surface area contributed by atoms with Crippen molar-refractivity contribution in [2.24, 2.45) is 0 Å². The fraction of sp³-hybridized carbons (Fsp3) is 0.500. The zero-order valence-electron chi connectivity index (χ0n) is 26.9. The van der Waals surface area contributed by atoms with E-state index in [0.717, 1.165) is 51.1 Å². The number of aromatic nitrogens is 2. The first-order valence-corrected chi connectivity index (χ1v) is 18.0. The van der Waals surface area contributed by atoms with Gasteiger partial charge in [-0.15, -0.1) is 0 Å². The number of carbonyl (C=O) groups excluding carboxylic acids is 1. The molecular weight excluding hydrogens is 599 g/mol. The number of unbranched alkanes of at least 4 members (excludes halogenated alkanes) is 9. The van der Waals surface area contributed by atoms with E-state index in [1.54, 1.807) is 21.6 Å². The topological polar surface area (TPSA) is 61.2 Å². The van der Waals surface area contributed by atoms with E-state index in [1.807, 2.05) is 25.1 Å². The number of anilines is 1. The molecule has 2 fully saturated rings. The molecule has 45 heavy (non-hydrogen) atoms. The Bertz CT molecular complexity index is 1550. The number of carbonyl (C=O) groups is 1. The fourth-order valence-electron chi connectivity index (χ4n) is 6.21. The molecule has 0 spiro atoms. The Balaban J connectivity index is 1.26. The molecule has 1 amide bonds. The van der Waals surface area contributed by atoms with Crippen LogP contribution in [-0.4, -0.2) is 62.1 Å². The van der Waals surface area contributed by atoms with Gasteiger partial charge in [-0.2, -0.15) is 0 Å². The minimum absolute atomic E-state index is 0.103. The van der Waals surface area contributed by atoms with Crippen molar-refractivity contribution in [3.8, 4) is 0 Å². The number of piperazine rings is 1. The molecule has 5 rings (SSSR count). The van der Waals surface area contributed by atoms with Gasteiger partial charge in [-0.25, -0.2) is 4.98 Å². The number of nitrogens with zero attached hydrogens (tertiary/aromatic N) is 5. The van der Waals surface area contributed by atoms with Crippen molar-refractivity contribution in [2.45, 2.75) is 84.6 Å². The smallest absolute Gasteiger partial charge is 0.267 e. The number of pyridine rings is 1. The predicted octanol–water partition coefficient (Wildman–Crippen LogP) is 7.45. The molecule has 0 saturated carbocycles. The Morgan fingerprint density at radius 2 is 1.53 bits per heavy atom. The van der Waals surface area contributed by atoms with Gasteiger partial charge in [-0.3, -0.25) is 23.8 Å². The van der Waals surface area contributed by atoms with Gasteiger partial charge in [0.15, 0.2) is 0 Å². The summed E-state index contributed by atoms with van der Waals surface area (Å²) in [5, 5.41) is 0. The van der Waals surface area contributed by atoms with Crippen LogP contribution in [0.5, 0.6) is 0 Å². The molecule has 0 aliphatic carbocycles. The van der Waals surface area contributed by atoms with Crippen LogP contribution in [0.4, 0.5) is 5.82 Å². The van der Waals surface area contributed by atoms with E-state index in [-0.39, 0.29) is 11.5 Å². The van der Waals surface area contributed by atoms with Crippen molar-refractivity contribution in [3.05, 3.63) is 80.6 Å². The molecule has 0 radical (unpaired) electrons. The Labute approximate surface area is 277 Å². The number of hydrogen-bond acceptors (Lipinski definition) is 7. The zero-order valence-corrected chi connectivity index (χ0v) is 28.5. The van der Waals surface area contributed by atoms with E-state index in [4.69, 9.17) is 17.2 Å². The number of benzene rings is 1. The molecule has 0 unspecified atom stereocenters. The number of rotatable bonds is 15. The molecule has 2 aliphatic heterocycles. The lowest BCUT2D eigenvalue weighted by atomic mass is 10.1. The highest BCUT2D eigenvalue weighted by Crippen LogP contribution is 2.34. The number of hydrogen-bond donors (Lipinski definition) is 0. The predicted molar refractivity (Wildman–Crippen MR) is 192 cm³/mol. The minimum Gasteiger partial charge on any atom is -0.353 e. The average molecular weight is 646 g/mol. The van der Waals surface area contributed by atoms with Crippen LogP contribution in [0.25, 0.3) is 11.7 Å². The largest absolute Gasteiger partial charge is 0.353 e. The van der Waals surface area contributed by atoms with Gasteiger partial charge in [0.1, 0.15) is 15.8 Å². The third-order valence-electron chi connectivity index (χ3n) is 8.87. The van der Waals surface area contributed by atoms with Crippen LogP contribution < -0.4 is 10.5 Å². The Kier molecular flexibility index (Phi) is 12.2. The molecule has 9 heteroatoms. The lowest BCUT2D eigenvalue weighted by Gasteiger charge is -2.36. The molecule has 3 aromatic rings. The summed E-state index contributed by atoms with van der Waals surface area (Å²) < 4.78 is 2.17. The Morgan fingerprint density at radius 1 is 0.867 bits per heavy atom. The van der Waals surface area contributed by atoms with Crippen molar-refractivity contribution in [2.75, 3.05) is 37.6 Å². The zero-order chi connectivity index (χ0) is 31.6. The molecule has 2 saturated heterocycles. The third-order valence-corrected chi connectivity index (χ3v) is 10.2. The molecule has 2 aromatic heterocycles. The van der Waals surface area contributed by atoms with E-state index in [2.05, 4.69) is 41.0 Å². The second kappa shape index (κ2) is 16.5. The summed E-state index contributed by atoms with van der Waals surface area (Å²) in [5.41, 5.74) is 3.17. The van der Waals surface area contributed by atoms with Crippen LogP contribution >= 0.6 is 24.0 Å². The van der Waals surface area contributed by atoms with Gasteiger partial charge in [0, 0.05) is 45.5 Å². The first kappa shape index (κ1) is 33.4. The van der Waals surface area contributed by atoms with Gasteiger partial charge in [0.05, 0.1) is 10.5 Å². The first-order valence-electron chi connectivity index (χ1n) is 16.7. The van der Waals surface area contributed by atoms with Crippen molar-refractivity contribution in [1.29, 1.82) is 0 Å². The number of aryl methyl sites for hydroxylation is 1. The second-order valence-corrected chi connectivity index (χ2v) is 14.0. The Hall–Kier alpha value is -3.01. The summed E-state index contributed by atoms with van der Waals surface area (Å²) in [7, 11) is 0. The number of amides is 1. The number of thiocarbonyl (C=S) groups is 1. The van der Waals surface area contributed by atoms with Crippen molar-refractivity contribution in [3.63, 3.8) is 0 Å². The van der Waals surface area contributed by atoms with E-state index in [0.29, 0.717) is 32.8 Å². The summed E-state index contributed by atoms with van der Waals surface area (Å²) in [6.07, 6.45) is 15.9. The summed E-state index contributed by atoms with van der Waals surface area (Å²) in [4.78, 5) is 39.4. The van der Waals surface area contributed by atoms with Crippen molar-refractivity contribution >= 4 is 51.7 Å². The highest BCUT2D eigenvalue weighted by atomic mass is 32.2. The van der Waals surface area contributed by atoms with Gasteiger partial charge in [0.2, 0.25) is 0 Å². The highest BCUT2D eigenvalue weighted by molar-refractivity contribution is 8.26.